The summed E-state index contributed by atoms with van der Waals surface area (Å²) in [6.07, 6.45) is 3.27. The number of ether oxygens (including phenoxy) is 1. The third-order valence-corrected chi connectivity index (χ3v) is 4.48. The van der Waals surface area contributed by atoms with Gasteiger partial charge < -0.3 is 15.4 Å². The average molecular weight is 375 g/mol. The minimum atomic E-state index is -0.165. The number of nitrogens with zero attached hydrogens (tertiary/aromatic N) is 1. The Morgan fingerprint density at radius 1 is 1.00 bits per heavy atom. The monoisotopic (exact) mass is 375 g/mol. The van der Waals surface area contributed by atoms with Gasteiger partial charge in [-0.25, -0.2) is 0 Å². The van der Waals surface area contributed by atoms with E-state index in [1.807, 2.05) is 36.4 Å². The molecule has 0 unspecified atom stereocenters. The summed E-state index contributed by atoms with van der Waals surface area (Å²) >= 11 is 0. The van der Waals surface area contributed by atoms with Crippen molar-refractivity contribution in [2.75, 3.05) is 12.4 Å². The van der Waals surface area contributed by atoms with Crippen LogP contribution in [0.15, 0.2) is 67.0 Å². The summed E-state index contributed by atoms with van der Waals surface area (Å²) in [6, 6.07) is 17.7. The maximum atomic E-state index is 12.5. The SMILES string of the molecule is COc1ccc(CNC(=O)c2cncc(Nc3ccc(C(C)C)cc3)c2)cc1. The van der Waals surface area contributed by atoms with Crippen LogP contribution in [0.2, 0.25) is 0 Å². The van der Waals surface area contributed by atoms with Crippen molar-refractivity contribution in [3.63, 3.8) is 0 Å². The Morgan fingerprint density at radius 2 is 1.71 bits per heavy atom. The number of pyridine rings is 1. The van der Waals surface area contributed by atoms with E-state index >= 15 is 0 Å². The fourth-order valence-corrected chi connectivity index (χ4v) is 2.78. The third kappa shape index (κ3) is 5.10. The van der Waals surface area contributed by atoms with E-state index in [-0.39, 0.29) is 5.91 Å². The summed E-state index contributed by atoms with van der Waals surface area (Å²) in [5, 5.41) is 6.21. The molecule has 5 nitrogen and oxygen atoms in total. The first-order chi connectivity index (χ1) is 13.5. The van der Waals surface area contributed by atoms with E-state index in [2.05, 4.69) is 41.6 Å². The Bertz CT molecular complexity index is 919. The number of aromatic nitrogens is 1. The Hall–Kier alpha value is -3.34. The Morgan fingerprint density at radius 3 is 2.36 bits per heavy atom. The molecule has 0 saturated heterocycles. The van der Waals surface area contributed by atoms with Crippen molar-refractivity contribution in [1.82, 2.24) is 10.3 Å². The molecule has 2 aromatic carbocycles. The molecule has 0 spiro atoms. The zero-order valence-corrected chi connectivity index (χ0v) is 16.4. The number of nitrogens with one attached hydrogen (secondary N) is 2. The molecule has 1 heterocycles. The lowest BCUT2D eigenvalue weighted by atomic mass is 10.0. The molecule has 28 heavy (non-hydrogen) atoms. The maximum absolute atomic E-state index is 12.5. The predicted octanol–water partition coefficient (Wildman–Crippen LogP) is 4.89. The smallest absolute Gasteiger partial charge is 0.253 e. The van der Waals surface area contributed by atoms with Gasteiger partial charge in [0, 0.05) is 18.4 Å². The van der Waals surface area contributed by atoms with Gasteiger partial charge in [0.1, 0.15) is 5.75 Å². The highest BCUT2D eigenvalue weighted by Crippen LogP contribution is 2.21. The minimum absolute atomic E-state index is 0.165. The third-order valence-electron chi connectivity index (χ3n) is 4.48. The Labute approximate surface area is 165 Å². The number of amides is 1. The maximum Gasteiger partial charge on any atom is 0.253 e. The molecule has 5 heteroatoms. The molecule has 0 atom stereocenters. The second-order valence-electron chi connectivity index (χ2n) is 6.89. The Balaban J connectivity index is 1.62. The van der Waals surface area contributed by atoms with Gasteiger partial charge in [0.25, 0.3) is 5.91 Å². The van der Waals surface area contributed by atoms with Crippen LogP contribution in [0.5, 0.6) is 5.75 Å². The molecule has 0 radical (unpaired) electrons. The summed E-state index contributed by atoms with van der Waals surface area (Å²) in [5.41, 5.74) is 4.53. The number of benzene rings is 2. The van der Waals surface area contributed by atoms with Gasteiger partial charge >= 0.3 is 0 Å². The highest BCUT2D eigenvalue weighted by molar-refractivity contribution is 5.94. The van der Waals surface area contributed by atoms with Crippen LogP contribution in [0.3, 0.4) is 0 Å². The van der Waals surface area contributed by atoms with E-state index in [0.29, 0.717) is 18.0 Å². The molecule has 0 bridgehead atoms. The largest absolute Gasteiger partial charge is 0.497 e. The van der Waals surface area contributed by atoms with Gasteiger partial charge in [0.15, 0.2) is 0 Å². The van der Waals surface area contributed by atoms with Gasteiger partial charge in [0.05, 0.1) is 24.6 Å². The highest BCUT2D eigenvalue weighted by atomic mass is 16.5. The number of hydrogen-bond donors (Lipinski definition) is 2. The summed E-state index contributed by atoms with van der Waals surface area (Å²) in [5.74, 6) is 1.12. The molecule has 0 aliphatic heterocycles. The number of hydrogen-bond acceptors (Lipinski definition) is 4. The molecule has 3 rings (SSSR count). The van der Waals surface area contributed by atoms with Crippen LogP contribution < -0.4 is 15.4 Å². The molecule has 0 aliphatic carbocycles. The molecule has 0 saturated carbocycles. The van der Waals surface area contributed by atoms with E-state index < -0.39 is 0 Å². The van der Waals surface area contributed by atoms with Crippen molar-refractivity contribution >= 4 is 17.3 Å². The fraction of sp³-hybridized carbons (Fsp3) is 0.217. The standard InChI is InChI=1S/C23H25N3O2/c1-16(2)18-6-8-20(9-7-18)26-21-12-19(14-24-15-21)23(27)25-13-17-4-10-22(28-3)11-5-17/h4-12,14-16,26H,13H2,1-3H3,(H,25,27). The lowest BCUT2D eigenvalue weighted by Crippen LogP contribution is -2.23. The molecule has 144 valence electrons. The van der Waals surface area contributed by atoms with Crippen molar-refractivity contribution in [2.45, 2.75) is 26.3 Å². The minimum Gasteiger partial charge on any atom is -0.497 e. The van der Waals surface area contributed by atoms with Crippen LogP contribution >= 0.6 is 0 Å². The molecular weight excluding hydrogens is 350 g/mol. The highest BCUT2D eigenvalue weighted by Gasteiger charge is 2.08. The summed E-state index contributed by atoms with van der Waals surface area (Å²) in [4.78, 5) is 16.6. The lowest BCUT2D eigenvalue weighted by molar-refractivity contribution is 0.0950. The molecule has 0 aliphatic rings. The number of anilines is 2. The van der Waals surface area contributed by atoms with Crippen molar-refractivity contribution < 1.29 is 9.53 Å². The second kappa shape index (κ2) is 9.04. The molecule has 3 aromatic rings. The molecule has 1 amide bonds. The Kier molecular flexibility index (Phi) is 6.27. The zero-order chi connectivity index (χ0) is 19.9. The molecule has 0 fully saturated rings. The molecular formula is C23H25N3O2. The van der Waals surface area contributed by atoms with Crippen molar-refractivity contribution in [1.29, 1.82) is 0 Å². The van der Waals surface area contributed by atoms with E-state index in [9.17, 15) is 4.79 Å². The first-order valence-electron chi connectivity index (χ1n) is 9.28. The van der Waals surface area contributed by atoms with Crippen LogP contribution in [0.4, 0.5) is 11.4 Å². The molecule has 2 N–H and O–H groups in total. The summed E-state index contributed by atoms with van der Waals surface area (Å²) in [7, 11) is 1.63. The van der Waals surface area contributed by atoms with Gasteiger partial charge in [-0.2, -0.15) is 0 Å². The van der Waals surface area contributed by atoms with Crippen LogP contribution in [0.25, 0.3) is 0 Å². The van der Waals surface area contributed by atoms with E-state index in [4.69, 9.17) is 4.74 Å². The predicted molar refractivity (Wildman–Crippen MR) is 112 cm³/mol. The number of methoxy groups -OCH3 is 1. The number of rotatable bonds is 7. The van der Waals surface area contributed by atoms with Gasteiger partial charge in [-0.3, -0.25) is 9.78 Å². The normalized spacial score (nSPS) is 10.6. The first-order valence-corrected chi connectivity index (χ1v) is 9.28. The van der Waals surface area contributed by atoms with Crippen LogP contribution in [0.1, 0.15) is 41.3 Å². The van der Waals surface area contributed by atoms with E-state index in [0.717, 1.165) is 22.7 Å². The molecule has 1 aromatic heterocycles. The van der Waals surface area contributed by atoms with Gasteiger partial charge in [-0.1, -0.05) is 38.1 Å². The van der Waals surface area contributed by atoms with Crippen LogP contribution in [-0.4, -0.2) is 18.0 Å². The fourth-order valence-electron chi connectivity index (χ4n) is 2.78. The van der Waals surface area contributed by atoms with Gasteiger partial charge in [0.2, 0.25) is 0 Å². The van der Waals surface area contributed by atoms with Gasteiger partial charge in [-0.05, 0) is 47.4 Å². The topological polar surface area (TPSA) is 63.2 Å². The van der Waals surface area contributed by atoms with Crippen LogP contribution in [-0.2, 0) is 6.54 Å². The van der Waals surface area contributed by atoms with Crippen molar-refractivity contribution in [3.8, 4) is 5.75 Å². The lowest BCUT2D eigenvalue weighted by Gasteiger charge is -2.10. The van der Waals surface area contributed by atoms with Crippen molar-refractivity contribution in [2.24, 2.45) is 0 Å². The van der Waals surface area contributed by atoms with Crippen molar-refractivity contribution in [3.05, 3.63) is 83.7 Å². The van der Waals surface area contributed by atoms with E-state index in [1.165, 1.54) is 5.56 Å². The quantitative estimate of drug-likeness (QED) is 0.617. The summed E-state index contributed by atoms with van der Waals surface area (Å²) in [6.45, 7) is 4.78. The first kappa shape index (κ1) is 19.4. The van der Waals surface area contributed by atoms with Crippen LogP contribution in [0, 0.1) is 0 Å². The number of carbonyl (C=O) groups is 1. The number of carbonyl (C=O) groups excluding carboxylic acids is 1. The summed E-state index contributed by atoms with van der Waals surface area (Å²) < 4.78 is 5.14. The van der Waals surface area contributed by atoms with Gasteiger partial charge in [-0.15, -0.1) is 0 Å². The van der Waals surface area contributed by atoms with E-state index in [1.54, 1.807) is 25.6 Å². The zero-order valence-electron chi connectivity index (χ0n) is 16.4. The average Bonchev–Trinajstić information content (AvgIpc) is 2.73. The second-order valence-corrected chi connectivity index (χ2v) is 6.89.